The number of carboxylic acid groups (broad SMARTS) is 1. The Balaban J connectivity index is 2.05. The monoisotopic (exact) mass is 397 g/mol. The number of carbonyl (C=O) groups is 1. The average Bonchev–Trinajstić information content (AvgIpc) is 2.73. The Morgan fingerprint density at radius 1 is 1.03 bits per heavy atom. The topological polar surface area (TPSA) is 84.2 Å². The zero-order valence-corrected chi connectivity index (χ0v) is 16.2. The van der Waals surface area contributed by atoms with Crippen molar-refractivity contribution in [3.05, 3.63) is 100 Å². The summed E-state index contributed by atoms with van der Waals surface area (Å²) in [5.74, 6) is -0.514. The van der Waals surface area contributed by atoms with Gasteiger partial charge in [-0.25, -0.2) is 9.78 Å². The number of para-hydroxylation sites is 2. The molecule has 148 valence electrons. The highest BCUT2D eigenvalue weighted by atomic mass is 16.4. The first-order chi connectivity index (χ1) is 14.5. The Morgan fingerprint density at radius 3 is 2.37 bits per heavy atom. The van der Waals surface area contributed by atoms with Crippen LogP contribution in [0.5, 0.6) is 0 Å². The first-order valence-corrected chi connectivity index (χ1v) is 9.39. The van der Waals surface area contributed by atoms with E-state index in [0.29, 0.717) is 28.1 Å². The third-order valence-electron chi connectivity index (χ3n) is 4.59. The quantitative estimate of drug-likeness (QED) is 0.483. The molecular formula is C24H19N3O3. The molecule has 2 aromatic heterocycles. The number of aryl methyl sites for hydroxylation is 1. The third-order valence-corrected chi connectivity index (χ3v) is 4.59. The molecule has 2 heterocycles. The Hall–Kier alpha value is -4.19. The van der Waals surface area contributed by atoms with Crippen molar-refractivity contribution in [1.29, 1.82) is 0 Å². The smallest absolute Gasteiger partial charge is 0.328 e. The van der Waals surface area contributed by atoms with Crippen LogP contribution in [0.3, 0.4) is 0 Å². The fourth-order valence-electron chi connectivity index (χ4n) is 3.36. The highest BCUT2D eigenvalue weighted by Gasteiger charge is 2.15. The average molecular weight is 397 g/mol. The molecule has 6 heteroatoms. The van der Waals surface area contributed by atoms with Crippen molar-refractivity contribution >= 4 is 34.6 Å². The van der Waals surface area contributed by atoms with Crippen LogP contribution < -0.4 is 10.7 Å². The summed E-state index contributed by atoms with van der Waals surface area (Å²) in [6.45, 7) is 1.81. The number of aliphatic carboxylic acids is 1. The van der Waals surface area contributed by atoms with E-state index in [0.717, 1.165) is 17.5 Å². The third kappa shape index (κ3) is 3.84. The van der Waals surface area contributed by atoms with Gasteiger partial charge in [0.2, 0.25) is 0 Å². The number of pyridine rings is 2. The lowest BCUT2D eigenvalue weighted by Gasteiger charge is -2.19. The van der Waals surface area contributed by atoms with Gasteiger partial charge in [0.25, 0.3) is 0 Å². The lowest BCUT2D eigenvalue weighted by atomic mass is 10.1. The largest absolute Gasteiger partial charge is 0.478 e. The molecule has 0 amide bonds. The van der Waals surface area contributed by atoms with Gasteiger partial charge in [-0.05, 0) is 48.9 Å². The lowest BCUT2D eigenvalue weighted by Crippen LogP contribution is -2.15. The second-order valence-electron chi connectivity index (χ2n) is 6.78. The maximum Gasteiger partial charge on any atom is 0.328 e. The second-order valence-corrected chi connectivity index (χ2v) is 6.78. The molecule has 0 saturated heterocycles. The minimum Gasteiger partial charge on any atom is -0.478 e. The standard InChI is InChI=1S/C24H19N3O3/c1-16-14-17(12-13-22(29)30)23-20(28)15-21(26-18-8-4-2-5-9-18)27(24(23)25-16)19-10-6-3-7-11-19/h2-15,26H,1H3,(H,29,30). The van der Waals surface area contributed by atoms with Gasteiger partial charge >= 0.3 is 5.97 Å². The Morgan fingerprint density at radius 2 is 1.70 bits per heavy atom. The van der Waals surface area contributed by atoms with Crippen LogP contribution in [0.15, 0.2) is 83.7 Å². The number of fused-ring (bicyclic) bond motifs is 1. The molecule has 0 spiro atoms. The molecule has 2 aromatic carbocycles. The highest BCUT2D eigenvalue weighted by Crippen LogP contribution is 2.26. The van der Waals surface area contributed by atoms with Crippen molar-refractivity contribution < 1.29 is 9.90 Å². The number of benzene rings is 2. The molecule has 0 aliphatic carbocycles. The summed E-state index contributed by atoms with van der Waals surface area (Å²) >= 11 is 0. The van der Waals surface area contributed by atoms with Crippen LogP contribution in [0.25, 0.3) is 22.8 Å². The zero-order chi connectivity index (χ0) is 21.1. The van der Waals surface area contributed by atoms with E-state index >= 15 is 0 Å². The summed E-state index contributed by atoms with van der Waals surface area (Å²) < 4.78 is 1.87. The van der Waals surface area contributed by atoms with Crippen LogP contribution in [-0.4, -0.2) is 20.6 Å². The summed E-state index contributed by atoms with van der Waals surface area (Å²) in [6, 6.07) is 22.4. The molecule has 4 rings (SSSR count). The van der Waals surface area contributed by atoms with Crippen molar-refractivity contribution in [3.63, 3.8) is 0 Å². The van der Waals surface area contributed by atoms with Gasteiger partial charge in [0, 0.05) is 29.2 Å². The van der Waals surface area contributed by atoms with Crippen LogP contribution >= 0.6 is 0 Å². The van der Waals surface area contributed by atoms with Gasteiger partial charge in [0.15, 0.2) is 11.1 Å². The maximum atomic E-state index is 13.1. The first-order valence-electron chi connectivity index (χ1n) is 9.39. The van der Waals surface area contributed by atoms with Crippen LogP contribution in [0, 0.1) is 6.92 Å². The van der Waals surface area contributed by atoms with Crippen LogP contribution in [0.4, 0.5) is 11.5 Å². The van der Waals surface area contributed by atoms with Crippen molar-refractivity contribution in [2.45, 2.75) is 6.92 Å². The fourth-order valence-corrected chi connectivity index (χ4v) is 3.36. The van der Waals surface area contributed by atoms with Gasteiger partial charge in [0.1, 0.15) is 5.82 Å². The van der Waals surface area contributed by atoms with E-state index in [2.05, 4.69) is 10.3 Å². The predicted molar refractivity (Wildman–Crippen MR) is 118 cm³/mol. The van der Waals surface area contributed by atoms with Gasteiger partial charge < -0.3 is 10.4 Å². The summed E-state index contributed by atoms with van der Waals surface area (Å²) in [5.41, 5.74) is 3.06. The second kappa shape index (κ2) is 8.05. The zero-order valence-electron chi connectivity index (χ0n) is 16.2. The predicted octanol–water partition coefficient (Wildman–Crippen LogP) is 4.54. The normalized spacial score (nSPS) is 11.1. The number of carboxylic acids is 1. The summed E-state index contributed by atoms with van der Waals surface area (Å²) in [6.07, 6.45) is 2.46. The molecule has 0 aliphatic heterocycles. The molecule has 30 heavy (non-hydrogen) atoms. The molecule has 0 radical (unpaired) electrons. The van der Waals surface area contributed by atoms with E-state index in [1.807, 2.05) is 72.2 Å². The Labute approximate surface area is 172 Å². The van der Waals surface area contributed by atoms with Crippen molar-refractivity contribution in [1.82, 2.24) is 9.55 Å². The maximum absolute atomic E-state index is 13.1. The van der Waals surface area contributed by atoms with Crippen LogP contribution in [-0.2, 0) is 4.79 Å². The minimum atomic E-state index is -1.08. The van der Waals surface area contributed by atoms with E-state index in [4.69, 9.17) is 5.11 Å². The van der Waals surface area contributed by atoms with E-state index in [9.17, 15) is 9.59 Å². The van der Waals surface area contributed by atoms with Gasteiger partial charge in [0.05, 0.1) is 5.39 Å². The van der Waals surface area contributed by atoms with Gasteiger partial charge in [-0.2, -0.15) is 0 Å². The molecule has 0 aliphatic rings. The molecule has 0 atom stereocenters. The number of anilines is 2. The van der Waals surface area contributed by atoms with Gasteiger partial charge in [-0.1, -0.05) is 36.4 Å². The summed E-state index contributed by atoms with van der Waals surface area (Å²) in [7, 11) is 0. The highest BCUT2D eigenvalue weighted by molar-refractivity contribution is 5.93. The SMILES string of the molecule is Cc1cc(C=CC(=O)O)c2c(=O)cc(Nc3ccccc3)n(-c3ccccc3)c2n1. The number of hydrogen-bond donors (Lipinski definition) is 2. The van der Waals surface area contributed by atoms with Gasteiger partial charge in [-0.15, -0.1) is 0 Å². The Bertz CT molecular complexity index is 1310. The summed E-state index contributed by atoms with van der Waals surface area (Å²) in [5, 5.41) is 12.7. The summed E-state index contributed by atoms with van der Waals surface area (Å²) in [4.78, 5) is 28.7. The Kier molecular flexibility index (Phi) is 5.13. The van der Waals surface area contributed by atoms with E-state index in [1.165, 1.54) is 12.1 Å². The van der Waals surface area contributed by atoms with Gasteiger partial charge in [-0.3, -0.25) is 9.36 Å². The van der Waals surface area contributed by atoms with Crippen molar-refractivity contribution in [2.24, 2.45) is 0 Å². The number of nitrogens with one attached hydrogen (secondary N) is 1. The molecule has 0 fully saturated rings. The lowest BCUT2D eigenvalue weighted by molar-refractivity contribution is -0.131. The van der Waals surface area contributed by atoms with Crippen LogP contribution in [0.1, 0.15) is 11.3 Å². The number of hydrogen-bond acceptors (Lipinski definition) is 4. The number of nitrogens with zero attached hydrogens (tertiary/aromatic N) is 2. The molecule has 0 saturated carbocycles. The first kappa shape index (κ1) is 19.1. The number of aromatic nitrogens is 2. The minimum absolute atomic E-state index is 0.242. The number of rotatable bonds is 5. The van der Waals surface area contributed by atoms with E-state index in [-0.39, 0.29) is 5.43 Å². The van der Waals surface area contributed by atoms with Crippen molar-refractivity contribution in [3.8, 4) is 5.69 Å². The van der Waals surface area contributed by atoms with Crippen LogP contribution in [0.2, 0.25) is 0 Å². The fraction of sp³-hybridized carbons (Fsp3) is 0.0417. The van der Waals surface area contributed by atoms with E-state index in [1.54, 1.807) is 6.07 Å². The molecule has 0 bridgehead atoms. The molecular weight excluding hydrogens is 378 g/mol. The van der Waals surface area contributed by atoms with Crippen molar-refractivity contribution in [2.75, 3.05) is 5.32 Å². The molecule has 4 aromatic rings. The van der Waals surface area contributed by atoms with E-state index < -0.39 is 5.97 Å². The molecule has 6 nitrogen and oxygen atoms in total. The molecule has 2 N–H and O–H groups in total. The molecule has 0 unspecified atom stereocenters.